The molecule has 162 valence electrons. The second-order valence-electron chi connectivity index (χ2n) is 7.71. The smallest absolute Gasteiger partial charge is 0.293 e. The number of hydrogen-bond donors (Lipinski definition) is 2. The van der Waals surface area contributed by atoms with Crippen LogP contribution in [0.2, 0.25) is 0 Å². The van der Waals surface area contributed by atoms with E-state index in [2.05, 4.69) is 5.32 Å². The minimum absolute atomic E-state index is 0.0792. The van der Waals surface area contributed by atoms with E-state index in [1.54, 1.807) is 24.3 Å². The summed E-state index contributed by atoms with van der Waals surface area (Å²) in [7, 11) is -3.80. The van der Waals surface area contributed by atoms with Crippen LogP contribution in [0.1, 0.15) is 44.7 Å². The van der Waals surface area contributed by atoms with E-state index in [0.717, 1.165) is 18.9 Å². The Morgan fingerprint density at radius 1 is 1.30 bits per heavy atom. The van der Waals surface area contributed by atoms with Gasteiger partial charge in [-0.05, 0) is 43.4 Å². The Balaban J connectivity index is 1.94. The van der Waals surface area contributed by atoms with Crippen LogP contribution < -0.4 is 5.32 Å². The summed E-state index contributed by atoms with van der Waals surface area (Å²) in [6.45, 7) is 4.74. The Labute approximate surface area is 176 Å². The highest BCUT2D eigenvalue weighted by molar-refractivity contribution is 7.89. The molecule has 2 aromatic rings. The van der Waals surface area contributed by atoms with Crippen LogP contribution in [0.5, 0.6) is 5.75 Å². The van der Waals surface area contributed by atoms with E-state index >= 15 is 0 Å². The van der Waals surface area contributed by atoms with Crippen molar-refractivity contribution in [3.05, 3.63) is 58.1 Å². The van der Waals surface area contributed by atoms with Crippen LogP contribution in [0.25, 0.3) is 0 Å². The Kier molecular flexibility index (Phi) is 6.62. The summed E-state index contributed by atoms with van der Waals surface area (Å²) in [5.41, 5.74) is 0.518. The first-order valence-electron chi connectivity index (χ1n) is 10.1. The van der Waals surface area contributed by atoms with Crippen LogP contribution in [0.4, 0.5) is 11.4 Å². The second-order valence-corrected chi connectivity index (χ2v) is 9.65. The second kappa shape index (κ2) is 9.01. The average Bonchev–Trinajstić information content (AvgIpc) is 2.72. The molecular formula is C21H27N3O5S. The molecule has 1 aliphatic heterocycles. The number of anilines is 1. The molecule has 2 aromatic carbocycles. The van der Waals surface area contributed by atoms with E-state index in [1.807, 2.05) is 13.8 Å². The van der Waals surface area contributed by atoms with Gasteiger partial charge in [-0.15, -0.1) is 0 Å². The molecule has 0 aliphatic carbocycles. The number of phenols is 1. The first kappa shape index (κ1) is 22.0. The maximum atomic E-state index is 13.0. The number of rotatable bonds is 7. The van der Waals surface area contributed by atoms with E-state index in [1.165, 1.54) is 16.4 Å². The van der Waals surface area contributed by atoms with Crippen molar-refractivity contribution in [2.24, 2.45) is 5.92 Å². The fourth-order valence-corrected chi connectivity index (χ4v) is 5.45. The maximum absolute atomic E-state index is 13.0. The number of phenolic OH excluding ortho intramolecular Hbond substituents is 1. The number of benzene rings is 2. The third-order valence-corrected chi connectivity index (χ3v) is 7.33. The van der Waals surface area contributed by atoms with Crippen LogP contribution in [-0.4, -0.2) is 35.8 Å². The summed E-state index contributed by atoms with van der Waals surface area (Å²) in [5.74, 6) is 0.353. The number of para-hydroxylation sites is 1. The number of nitro benzene ring substituents is 1. The molecule has 0 spiro atoms. The molecule has 1 aliphatic rings. The van der Waals surface area contributed by atoms with Crippen molar-refractivity contribution < 1.29 is 18.4 Å². The number of aromatic hydroxyl groups is 1. The minimum atomic E-state index is -3.80. The van der Waals surface area contributed by atoms with Crippen LogP contribution in [0.15, 0.2) is 47.4 Å². The standard InChI is InChI=1S/C21H27N3O5S/c1-3-18(17-8-4-5-9-21(17)25)22-19-11-10-16(13-20(19)24(26)27)30(28,29)23-12-6-7-15(2)14-23/h4-5,8-11,13,15,18,22,25H,3,6-7,12,14H2,1-2H3/t15-,18-/m0/s1. The van der Waals surface area contributed by atoms with Crippen molar-refractivity contribution in [3.8, 4) is 5.75 Å². The van der Waals surface area contributed by atoms with Crippen molar-refractivity contribution in [1.82, 2.24) is 4.31 Å². The highest BCUT2D eigenvalue weighted by atomic mass is 32.2. The van der Waals surface area contributed by atoms with Gasteiger partial charge in [0.15, 0.2) is 0 Å². The van der Waals surface area contributed by atoms with Gasteiger partial charge in [-0.1, -0.05) is 32.0 Å². The fraction of sp³-hybridized carbons (Fsp3) is 0.429. The van der Waals surface area contributed by atoms with Crippen molar-refractivity contribution in [1.29, 1.82) is 0 Å². The Hall–Kier alpha value is -2.65. The van der Waals surface area contributed by atoms with E-state index in [9.17, 15) is 23.6 Å². The van der Waals surface area contributed by atoms with Crippen LogP contribution in [-0.2, 0) is 10.0 Å². The molecule has 8 nitrogen and oxygen atoms in total. The summed E-state index contributed by atoms with van der Waals surface area (Å²) in [5, 5.41) is 24.9. The highest BCUT2D eigenvalue weighted by Gasteiger charge is 2.31. The summed E-state index contributed by atoms with van der Waals surface area (Å²) >= 11 is 0. The number of hydrogen-bond acceptors (Lipinski definition) is 6. The van der Waals surface area contributed by atoms with Crippen molar-refractivity contribution >= 4 is 21.4 Å². The molecule has 1 saturated heterocycles. The fourth-order valence-electron chi connectivity index (χ4n) is 3.83. The van der Waals surface area contributed by atoms with Gasteiger partial charge in [0.1, 0.15) is 11.4 Å². The first-order chi connectivity index (χ1) is 14.2. The number of nitro groups is 1. The lowest BCUT2D eigenvalue weighted by Crippen LogP contribution is -2.39. The van der Waals surface area contributed by atoms with Crippen molar-refractivity contribution in [3.63, 3.8) is 0 Å². The third-order valence-electron chi connectivity index (χ3n) is 5.47. The lowest BCUT2D eigenvalue weighted by molar-refractivity contribution is -0.384. The Morgan fingerprint density at radius 2 is 2.03 bits per heavy atom. The molecule has 1 heterocycles. The largest absolute Gasteiger partial charge is 0.508 e. The van der Waals surface area contributed by atoms with Crippen molar-refractivity contribution in [2.75, 3.05) is 18.4 Å². The molecule has 0 saturated carbocycles. The molecule has 2 atom stereocenters. The molecule has 0 aromatic heterocycles. The molecule has 1 fully saturated rings. The third kappa shape index (κ3) is 4.57. The highest BCUT2D eigenvalue weighted by Crippen LogP contribution is 2.35. The first-order valence-corrected chi connectivity index (χ1v) is 11.5. The molecule has 9 heteroatoms. The summed E-state index contributed by atoms with van der Waals surface area (Å²) in [6, 6.07) is 10.4. The summed E-state index contributed by atoms with van der Waals surface area (Å²) in [6.07, 6.45) is 2.32. The predicted octanol–water partition coefficient (Wildman–Crippen LogP) is 4.28. The molecule has 3 rings (SSSR count). The number of nitrogens with zero attached hydrogens (tertiary/aromatic N) is 2. The van der Waals surface area contributed by atoms with Gasteiger partial charge in [-0.25, -0.2) is 8.42 Å². The zero-order valence-electron chi connectivity index (χ0n) is 17.1. The molecule has 0 bridgehead atoms. The molecule has 0 radical (unpaired) electrons. The zero-order valence-corrected chi connectivity index (χ0v) is 17.9. The zero-order chi connectivity index (χ0) is 21.9. The molecule has 2 N–H and O–H groups in total. The van der Waals surface area contributed by atoms with Crippen molar-refractivity contribution in [2.45, 2.75) is 44.0 Å². The maximum Gasteiger partial charge on any atom is 0.293 e. The molecule has 30 heavy (non-hydrogen) atoms. The normalized spacial score (nSPS) is 18.7. The minimum Gasteiger partial charge on any atom is -0.508 e. The van der Waals surface area contributed by atoms with E-state index in [-0.39, 0.29) is 34.0 Å². The number of nitrogens with one attached hydrogen (secondary N) is 1. The number of piperidine rings is 1. The molecule has 0 unspecified atom stereocenters. The molecule has 0 amide bonds. The lowest BCUT2D eigenvalue weighted by Gasteiger charge is -2.30. The van der Waals surface area contributed by atoms with E-state index in [4.69, 9.17) is 0 Å². The predicted molar refractivity (Wildman–Crippen MR) is 115 cm³/mol. The van der Waals surface area contributed by atoms with Gasteiger partial charge in [-0.2, -0.15) is 4.31 Å². The van der Waals surface area contributed by atoms with E-state index in [0.29, 0.717) is 25.1 Å². The van der Waals surface area contributed by atoms with Gasteiger partial charge in [-0.3, -0.25) is 10.1 Å². The van der Waals surface area contributed by atoms with Gasteiger partial charge < -0.3 is 10.4 Å². The Bertz CT molecular complexity index is 1030. The average molecular weight is 434 g/mol. The number of sulfonamides is 1. The van der Waals surface area contributed by atoms with Crippen LogP contribution in [0.3, 0.4) is 0 Å². The lowest BCUT2D eigenvalue weighted by atomic mass is 10.0. The SMILES string of the molecule is CC[C@H](Nc1ccc(S(=O)(=O)N2CCC[C@H](C)C2)cc1[N+](=O)[O-])c1ccccc1O. The van der Waals surface area contributed by atoms with Gasteiger partial charge in [0.2, 0.25) is 10.0 Å². The monoisotopic (exact) mass is 433 g/mol. The van der Waals surface area contributed by atoms with Gasteiger partial charge in [0, 0.05) is 24.7 Å². The summed E-state index contributed by atoms with van der Waals surface area (Å²) in [4.78, 5) is 11.0. The summed E-state index contributed by atoms with van der Waals surface area (Å²) < 4.78 is 27.4. The topological polar surface area (TPSA) is 113 Å². The van der Waals surface area contributed by atoms with Gasteiger partial charge in [0.05, 0.1) is 15.9 Å². The quantitative estimate of drug-likeness (QED) is 0.498. The van der Waals surface area contributed by atoms with Gasteiger partial charge in [0.25, 0.3) is 5.69 Å². The Morgan fingerprint density at radius 3 is 2.67 bits per heavy atom. The van der Waals surface area contributed by atoms with E-state index < -0.39 is 14.9 Å². The molecular weight excluding hydrogens is 406 g/mol. The van der Waals surface area contributed by atoms with Crippen LogP contribution >= 0.6 is 0 Å². The van der Waals surface area contributed by atoms with Gasteiger partial charge >= 0.3 is 0 Å². The van der Waals surface area contributed by atoms with Crippen LogP contribution in [0, 0.1) is 16.0 Å².